The molecule has 1 aliphatic carbocycles. The van der Waals surface area contributed by atoms with Gasteiger partial charge in [-0.1, -0.05) is 31.7 Å². The summed E-state index contributed by atoms with van der Waals surface area (Å²) >= 11 is 0. The molecule has 0 unspecified atom stereocenters. The van der Waals surface area contributed by atoms with Crippen LogP contribution in [0.25, 0.3) is 0 Å². The summed E-state index contributed by atoms with van der Waals surface area (Å²) in [7, 11) is 0. The average molecular weight is 372 g/mol. The fraction of sp³-hybridized carbons (Fsp3) is 0.474. The van der Waals surface area contributed by atoms with Gasteiger partial charge in [0.1, 0.15) is 12.1 Å². The second-order valence-corrected chi connectivity index (χ2v) is 7.13. The Hall–Kier alpha value is -2.90. The van der Waals surface area contributed by atoms with Gasteiger partial charge in [0.05, 0.1) is 0 Å². The number of rotatable bonds is 4. The molecule has 0 atom stereocenters. The molecule has 1 heterocycles. The van der Waals surface area contributed by atoms with E-state index in [1.165, 1.54) is 6.92 Å². The zero-order chi connectivity index (χ0) is 19.4. The van der Waals surface area contributed by atoms with Crippen molar-refractivity contribution >= 4 is 35.1 Å². The van der Waals surface area contributed by atoms with E-state index >= 15 is 0 Å². The first-order valence-electron chi connectivity index (χ1n) is 9.21. The average Bonchev–Trinajstić information content (AvgIpc) is 2.77. The Kier molecular flexibility index (Phi) is 5.43. The molecule has 1 aromatic carbocycles. The normalized spacial score (nSPS) is 18.8. The second kappa shape index (κ2) is 7.77. The Morgan fingerprint density at radius 1 is 1.07 bits per heavy atom. The summed E-state index contributed by atoms with van der Waals surface area (Å²) < 4.78 is 0. The third-order valence-electron chi connectivity index (χ3n) is 4.97. The van der Waals surface area contributed by atoms with Crippen LogP contribution in [-0.2, 0) is 14.4 Å². The predicted octanol–water partition coefficient (Wildman–Crippen LogP) is 2.23. The maximum atomic E-state index is 12.8. The van der Waals surface area contributed by atoms with Gasteiger partial charge in [-0.15, -0.1) is 0 Å². The number of carbonyl (C=O) groups is 4. The molecule has 2 aliphatic rings. The molecule has 3 N–H and O–H groups in total. The van der Waals surface area contributed by atoms with Gasteiger partial charge in [0.25, 0.3) is 5.91 Å². The zero-order valence-corrected chi connectivity index (χ0v) is 15.3. The van der Waals surface area contributed by atoms with Crippen molar-refractivity contribution in [2.45, 2.75) is 51.0 Å². The van der Waals surface area contributed by atoms with Crippen LogP contribution >= 0.6 is 0 Å². The highest BCUT2D eigenvalue weighted by molar-refractivity contribution is 6.10. The number of nitrogens with zero attached hydrogens (tertiary/aromatic N) is 1. The van der Waals surface area contributed by atoms with Crippen LogP contribution in [-0.4, -0.2) is 40.7 Å². The molecule has 0 bridgehead atoms. The van der Waals surface area contributed by atoms with Crippen molar-refractivity contribution < 1.29 is 19.2 Å². The van der Waals surface area contributed by atoms with E-state index in [4.69, 9.17) is 0 Å². The summed E-state index contributed by atoms with van der Waals surface area (Å²) in [6, 6.07) is 6.16. The fourth-order valence-corrected chi connectivity index (χ4v) is 3.71. The van der Waals surface area contributed by atoms with Crippen molar-refractivity contribution in [3.63, 3.8) is 0 Å². The summed E-state index contributed by atoms with van der Waals surface area (Å²) in [6.45, 7) is 1.06. The molecule has 1 saturated heterocycles. The van der Waals surface area contributed by atoms with Gasteiger partial charge in [-0.3, -0.25) is 19.3 Å². The number of nitrogens with one attached hydrogen (secondary N) is 3. The lowest BCUT2D eigenvalue weighted by Gasteiger charge is -2.24. The summed E-state index contributed by atoms with van der Waals surface area (Å²) in [5, 5.41) is 8.11. The van der Waals surface area contributed by atoms with Crippen LogP contribution < -0.4 is 16.0 Å². The molecule has 5 amide bonds. The number of urea groups is 1. The smallest absolute Gasteiger partial charge is 0.325 e. The molecular weight excluding hydrogens is 348 g/mol. The number of benzene rings is 1. The lowest BCUT2D eigenvalue weighted by Crippen LogP contribution is -2.47. The van der Waals surface area contributed by atoms with E-state index in [1.807, 2.05) is 0 Å². The van der Waals surface area contributed by atoms with Crippen LogP contribution in [0.15, 0.2) is 24.3 Å². The van der Waals surface area contributed by atoms with E-state index in [1.54, 1.807) is 24.3 Å². The van der Waals surface area contributed by atoms with Gasteiger partial charge >= 0.3 is 6.03 Å². The lowest BCUT2D eigenvalue weighted by molar-refractivity contribution is -0.134. The van der Waals surface area contributed by atoms with Gasteiger partial charge in [0, 0.05) is 18.3 Å². The highest BCUT2D eigenvalue weighted by Gasteiger charge is 2.51. The van der Waals surface area contributed by atoms with Crippen LogP contribution in [0.1, 0.15) is 45.4 Å². The van der Waals surface area contributed by atoms with Crippen molar-refractivity contribution in [2.75, 3.05) is 17.2 Å². The van der Waals surface area contributed by atoms with Crippen molar-refractivity contribution in [1.82, 2.24) is 10.2 Å². The van der Waals surface area contributed by atoms with Crippen LogP contribution in [0.5, 0.6) is 0 Å². The number of amides is 5. The third-order valence-corrected chi connectivity index (χ3v) is 4.97. The van der Waals surface area contributed by atoms with E-state index in [0.717, 1.165) is 30.6 Å². The maximum absolute atomic E-state index is 12.8. The summed E-state index contributed by atoms with van der Waals surface area (Å²) in [5.41, 5.74) is 0.175. The molecular formula is C19H24N4O4. The molecule has 3 rings (SSSR count). The molecule has 1 aromatic rings. The third kappa shape index (κ3) is 4.27. The van der Waals surface area contributed by atoms with Crippen molar-refractivity contribution in [3.8, 4) is 0 Å². The van der Waals surface area contributed by atoms with Gasteiger partial charge in [-0.05, 0) is 31.0 Å². The van der Waals surface area contributed by atoms with Gasteiger partial charge < -0.3 is 16.0 Å². The Bertz CT molecular complexity index is 769. The first-order chi connectivity index (χ1) is 12.9. The highest BCUT2D eigenvalue weighted by Crippen LogP contribution is 2.32. The molecule has 144 valence electrons. The molecule has 27 heavy (non-hydrogen) atoms. The number of carbonyl (C=O) groups excluding carboxylic acids is 4. The SMILES string of the molecule is CC(=O)Nc1cccc(NC(=O)CN2C(=O)NC3(CCCCCC3)C2=O)c1. The molecule has 8 heteroatoms. The first kappa shape index (κ1) is 18.9. The van der Waals surface area contributed by atoms with E-state index in [9.17, 15) is 19.2 Å². The monoisotopic (exact) mass is 372 g/mol. The second-order valence-electron chi connectivity index (χ2n) is 7.13. The van der Waals surface area contributed by atoms with E-state index in [0.29, 0.717) is 24.2 Å². The largest absolute Gasteiger partial charge is 0.326 e. The van der Waals surface area contributed by atoms with Gasteiger partial charge in [0.2, 0.25) is 11.8 Å². The first-order valence-corrected chi connectivity index (χ1v) is 9.21. The number of imide groups is 1. The number of hydrogen-bond acceptors (Lipinski definition) is 4. The minimum absolute atomic E-state index is 0.216. The molecule has 1 saturated carbocycles. The van der Waals surface area contributed by atoms with Crippen LogP contribution in [0, 0.1) is 0 Å². The lowest BCUT2D eigenvalue weighted by atomic mass is 9.90. The molecule has 8 nitrogen and oxygen atoms in total. The summed E-state index contributed by atoms with van der Waals surface area (Å²) in [5.74, 6) is -0.993. The molecule has 2 fully saturated rings. The Morgan fingerprint density at radius 2 is 1.70 bits per heavy atom. The fourth-order valence-electron chi connectivity index (χ4n) is 3.71. The zero-order valence-electron chi connectivity index (χ0n) is 15.3. The Labute approximate surface area is 157 Å². The van der Waals surface area contributed by atoms with Gasteiger partial charge in [-0.25, -0.2) is 4.79 Å². The van der Waals surface area contributed by atoms with Crippen molar-refractivity contribution in [2.24, 2.45) is 0 Å². The molecule has 1 spiro atoms. The Balaban J connectivity index is 1.64. The van der Waals surface area contributed by atoms with E-state index in [-0.39, 0.29) is 18.4 Å². The minimum Gasteiger partial charge on any atom is -0.326 e. The molecule has 1 aliphatic heterocycles. The van der Waals surface area contributed by atoms with Crippen LogP contribution in [0.3, 0.4) is 0 Å². The van der Waals surface area contributed by atoms with Gasteiger partial charge in [-0.2, -0.15) is 0 Å². The quantitative estimate of drug-likeness (QED) is 0.704. The number of anilines is 2. The van der Waals surface area contributed by atoms with Crippen molar-refractivity contribution in [3.05, 3.63) is 24.3 Å². The Morgan fingerprint density at radius 3 is 2.33 bits per heavy atom. The highest BCUT2D eigenvalue weighted by atomic mass is 16.2. The maximum Gasteiger partial charge on any atom is 0.325 e. The van der Waals surface area contributed by atoms with Crippen molar-refractivity contribution in [1.29, 1.82) is 0 Å². The minimum atomic E-state index is -0.848. The molecule has 0 radical (unpaired) electrons. The van der Waals surface area contributed by atoms with E-state index in [2.05, 4.69) is 16.0 Å². The number of hydrogen-bond donors (Lipinski definition) is 3. The standard InChI is InChI=1S/C19H24N4O4/c1-13(24)20-14-7-6-8-15(11-14)21-16(25)12-23-17(26)19(22-18(23)27)9-4-2-3-5-10-19/h6-8,11H,2-5,9-10,12H2,1H3,(H,20,24)(H,21,25)(H,22,27). The topological polar surface area (TPSA) is 108 Å². The predicted molar refractivity (Wildman–Crippen MR) is 100 cm³/mol. The molecule has 0 aromatic heterocycles. The summed E-state index contributed by atoms with van der Waals surface area (Å²) in [6.07, 6.45) is 5.12. The van der Waals surface area contributed by atoms with E-state index < -0.39 is 17.5 Å². The van der Waals surface area contributed by atoms with Crippen LogP contribution in [0.2, 0.25) is 0 Å². The van der Waals surface area contributed by atoms with Crippen LogP contribution in [0.4, 0.5) is 16.2 Å². The van der Waals surface area contributed by atoms with Gasteiger partial charge in [0.15, 0.2) is 0 Å². The summed E-state index contributed by atoms with van der Waals surface area (Å²) in [4.78, 5) is 49.6.